The molecule has 3 atom stereocenters. The molecule has 2 aliphatic rings. The molecule has 3 N–H and O–H groups in total. The molecule has 4 heteroatoms. The van der Waals surface area contributed by atoms with Crippen molar-refractivity contribution in [2.45, 2.75) is 64.9 Å². The third-order valence-corrected chi connectivity index (χ3v) is 5.67. The Morgan fingerprint density at radius 2 is 2.05 bits per heavy atom. The Kier molecular flexibility index (Phi) is 6.06. The van der Waals surface area contributed by atoms with Gasteiger partial charge in [-0.1, -0.05) is 26.7 Å². The molecule has 1 aliphatic heterocycles. The summed E-state index contributed by atoms with van der Waals surface area (Å²) in [6.07, 6.45) is 6.88. The monoisotopic (exact) mass is 296 g/mol. The highest BCUT2D eigenvalue weighted by Crippen LogP contribution is 2.35. The van der Waals surface area contributed by atoms with Crippen LogP contribution in [0, 0.1) is 17.3 Å². The van der Waals surface area contributed by atoms with Gasteiger partial charge in [0.05, 0.1) is 6.10 Å². The molecule has 21 heavy (non-hydrogen) atoms. The maximum Gasteiger partial charge on any atom is 0.220 e. The van der Waals surface area contributed by atoms with Gasteiger partial charge < -0.3 is 15.7 Å². The summed E-state index contributed by atoms with van der Waals surface area (Å²) in [6.45, 7) is 7.09. The van der Waals surface area contributed by atoms with E-state index >= 15 is 0 Å². The number of aliphatic hydroxyl groups is 1. The fraction of sp³-hybridized carbons (Fsp3) is 0.941. The minimum absolute atomic E-state index is 0.133. The number of piperidine rings is 1. The maximum absolute atomic E-state index is 12.2. The highest BCUT2D eigenvalue weighted by atomic mass is 16.3. The minimum atomic E-state index is -0.270. The van der Waals surface area contributed by atoms with Gasteiger partial charge in [0.15, 0.2) is 0 Å². The van der Waals surface area contributed by atoms with Gasteiger partial charge in [0, 0.05) is 18.4 Å². The third kappa shape index (κ3) is 4.68. The SMILES string of the molecule is CC(CC(=O)NCC1(C)CCCCC1O)C1CCNCC1. The van der Waals surface area contributed by atoms with Crippen LogP contribution in [-0.4, -0.2) is 36.8 Å². The van der Waals surface area contributed by atoms with E-state index in [2.05, 4.69) is 24.5 Å². The first kappa shape index (κ1) is 16.8. The van der Waals surface area contributed by atoms with Gasteiger partial charge in [0.1, 0.15) is 0 Å². The maximum atomic E-state index is 12.2. The normalized spacial score (nSPS) is 32.6. The van der Waals surface area contributed by atoms with Crippen molar-refractivity contribution in [3.8, 4) is 0 Å². The van der Waals surface area contributed by atoms with Crippen molar-refractivity contribution in [2.75, 3.05) is 19.6 Å². The van der Waals surface area contributed by atoms with Gasteiger partial charge in [-0.3, -0.25) is 4.79 Å². The van der Waals surface area contributed by atoms with Crippen LogP contribution in [0.3, 0.4) is 0 Å². The summed E-state index contributed by atoms with van der Waals surface area (Å²) in [7, 11) is 0. The lowest BCUT2D eigenvalue weighted by molar-refractivity contribution is -0.123. The topological polar surface area (TPSA) is 61.4 Å². The van der Waals surface area contributed by atoms with E-state index in [4.69, 9.17) is 0 Å². The van der Waals surface area contributed by atoms with Crippen LogP contribution in [-0.2, 0) is 4.79 Å². The second-order valence-electron chi connectivity index (χ2n) is 7.46. The van der Waals surface area contributed by atoms with Gasteiger partial charge in [0.2, 0.25) is 5.91 Å². The lowest BCUT2D eigenvalue weighted by atomic mass is 9.73. The van der Waals surface area contributed by atoms with Crippen LogP contribution >= 0.6 is 0 Å². The number of hydrogen-bond acceptors (Lipinski definition) is 3. The Bertz CT molecular complexity index is 342. The summed E-state index contributed by atoms with van der Waals surface area (Å²) in [4.78, 5) is 12.2. The van der Waals surface area contributed by atoms with Crippen LogP contribution in [0.5, 0.6) is 0 Å². The number of carbonyl (C=O) groups excluding carboxylic acids is 1. The molecule has 0 aromatic carbocycles. The van der Waals surface area contributed by atoms with E-state index in [1.54, 1.807) is 0 Å². The zero-order chi connectivity index (χ0) is 15.3. The van der Waals surface area contributed by atoms with E-state index in [1.807, 2.05) is 0 Å². The molecule has 0 aromatic rings. The third-order valence-electron chi connectivity index (χ3n) is 5.67. The number of amides is 1. The average Bonchev–Trinajstić information content (AvgIpc) is 2.49. The molecular formula is C17H32N2O2. The van der Waals surface area contributed by atoms with E-state index in [0.29, 0.717) is 24.8 Å². The highest BCUT2D eigenvalue weighted by molar-refractivity contribution is 5.76. The standard InChI is InChI=1S/C17H32N2O2/c1-13(14-6-9-18-10-7-14)11-16(21)19-12-17(2)8-4-3-5-15(17)20/h13-15,18,20H,3-12H2,1-2H3,(H,19,21). The van der Waals surface area contributed by atoms with Gasteiger partial charge >= 0.3 is 0 Å². The van der Waals surface area contributed by atoms with Crippen molar-refractivity contribution < 1.29 is 9.90 Å². The predicted molar refractivity (Wildman–Crippen MR) is 85.0 cm³/mol. The molecule has 3 unspecified atom stereocenters. The minimum Gasteiger partial charge on any atom is -0.392 e. The van der Waals surface area contributed by atoms with E-state index in [-0.39, 0.29) is 17.4 Å². The predicted octanol–water partition coefficient (Wildman–Crippen LogP) is 2.07. The molecule has 2 fully saturated rings. The van der Waals surface area contributed by atoms with E-state index in [9.17, 15) is 9.90 Å². The Balaban J connectivity index is 1.73. The average molecular weight is 296 g/mol. The highest BCUT2D eigenvalue weighted by Gasteiger charge is 2.35. The van der Waals surface area contributed by atoms with Crippen LogP contribution in [0.2, 0.25) is 0 Å². The molecule has 0 spiro atoms. The van der Waals surface area contributed by atoms with E-state index in [1.165, 1.54) is 12.8 Å². The fourth-order valence-corrected chi connectivity index (χ4v) is 3.83. The number of aliphatic hydroxyl groups excluding tert-OH is 1. The summed E-state index contributed by atoms with van der Waals surface area (Å²) in [5, 5.41) is 16.6. The molecule has 1 aliphatic carbocycles. The van der Waals surface area contributed by atoms with Gasteiger partial charge in [-0.2, -0.15) is 0 Å². The summed E-state index contributed by atoms with van der Waals surface area (Å²) >= 11 is 0. The number of carbonyl (C=O) groups is 1. The molecule has 122 valence electrons. The largest absolute Gasteiger partial charge is 0.392 e. The molecule has 4 nitrogen and oxygen atoms in total. The van der Waals surface area contributed by atoms with Crippen molar-refractivity contribution in [3.05, 3.63) is 0 Å². The fourth-order valence-electron chi connectivity index (χ4n) is 3.83. The number of nitrogens with one attached hydrogen (secondary N) is 2. The van der Waals surface area contributed by atoms with Crippen LogP contribution in [0.4, 0.5) is 0 Å². The molecule has 1 saturated heterocycles. The van der Waals surface area contributed by atoms with Gasteiger partial charge in [-0.25, -0.2) is 0 Å². The lowest BCUT2D eigenvalue weighted by Gasteiger charge is -2.38. The second kappa shape index (κ2) is 7.59. The molecule has 1 heterocycles. The smallest absolute Gasteiger partial charge is 0.220 e. The van der Waals surface area contributed by atoms with Crippen molar-refractivity contribution in [3.63, 3.8) is 0 Å². The van der Waals surface area contributed by atoms with Crippen molar-refractivity contribution >= 4 is 5.91 Å². The summed E-state index contributed by atoms with van der Waals surface area (Å²) in [5.41, 5.74) is -0.133. The van der Waals surface area contributed by atoms with Crippen molar-refractivity contribution in [2.24, 2.45) is 17.3 Å². The van der Waals surface area contributed by atoms with Crippen LogP contribution in [0.15, 0.2) is 0 Å². The van der Waals surface area contributed by atoms with E-state index < -0.39 is 0 Å². The van der Waals surface area contributed by atoms with Crippen LogP contribution in [0.25, 0.3) is 0 Å². The second-order valence-corrected chi connectivity index (χ2v) is 7.46. The molecule has 1 amide bonds. The van der Waals surface area contributed by atoms with Gasteiger partial charge in [0.25, 0.3) is 0 Å². The quantitative estimate of drug-likeness (QED) is 0.728. The zero-order valence-electron chi connectivity index (χ0n) is 13.7. The van der Waals surface area contributed by atoms with Crippen molar-refractivity contribution in [1.82, 2.24) is 10.6 Å². The van der Waals surface area contributed by atoms with Gasteiger partial charge in [-0.05, 0) is 50.6 Å². The van der Waals surface area contributed by atoms with Crippen molar-refractivity contribution in [1.29, 1.82) is 0 Å². The van der Waals surface area contributed by atoms with Crippen LogP contribution < -0.4 is 10.6 Å². The molecule has 0 radical (unpaired) electrons. The molecule has 2 rings (SSSR count). The molecule has 0 aromatic heterocycles. The molecule has 1 saturated carbocycles. The van der Waals surface area contributed by atoms with Gasteiger partial charge in [-0.15, -0.1) is 0 Å². The van der Waals surface area contributed by atoms with Crippen LogP contribution in [0.1, 0.15) is 58.8 Å². The zero-order valence-corrected chi connectivity index (χ0v) is 13.7. The summed E-state index contributed by atoms with van der Waals surface area (Å²) < 4.78 is 0. The molecular weight excluding hydrogens is 264 g/mol. The van der Waals surface area contributed by atoms with E-state index in [0.717, 1.165) is 38.8 Å². The Labute approximate surface area is 129 Å². The summed E-state index contributed by atoms with van der Waals surface area (Å²) in [6, 6.07) is 0. The first-order valence-electron chi connectivity index (χ1n) is 8.67. The number of hydrogen-bond donors (Lipinski definition) is 3. The lowest BCUT2D eigenvalue weighted by Crippen LogP contribution is -2.45. The Hall–Kier alpha value is -0.610. The Morgan fingerprint density at radius 3 is 2.71 bits per heavy atom. The Morgan fingerprint density at radius 1 is 1.33 bits per heavy atom. The number of rotatable bonds is 5. The first-order chi connectivity index (χ1) is 10.0. The molecule has 0 bridgehead atoms. The summed E-state index contributed by atoms with van der Waals surface area (Å²) in [5.74, 6) is 1.28. The first-order valence-corrected chi connectivity index (χ1v) is 8.67.